The number of carbonyl (C=O) groups is 1. The Hall–Kier alpha value is -1.59. The zero-order chi connectivity index (χ0) is 15.9. The van der Waals surface area contributed by atoms with Gasteiger partial charge in [-0.1, -0.05) is 6.92 Å². The SMILES string of the molecule is CC(=O)Nc1ccc(OC[C@@H](O)CN2CCC[C@@H](C)C2)cc1. The number of hydrogen-bond donors (Lipinski definition) is 2. The highest BCUT2D eigenvalue weighted by molar-refractivity contribution is 5.88. The van der Waals surface area contributed by atoms with Crippen LogP contribution in [0.5, 0.6) is 5.75 Å². The van der Waals surface area contributed by atoms with Crippen LogP contribution in [-0.2, 0) is 4.79 Å². The van der Waals surface area contributed by atoms with Crippen LogP contribution in [-0.4, -0.2) is 48.3 Å². The van der Waals surface area contributed by atoms with E-state index in [2.05, 4.69) is 17.1 Å². The average molecular weight is 306 g/mol. The summed E-state index contributed by atoms with van der Waals surface area (Å²) in [4.78, 5) is 13.3. The van der Waals surface area contributed by atoms with Gasteiger partial charge in [-0.2, -0.15) is 0 Å². The summed E-state index contributed by atoms with van der Waals surface area (Å²) < 4.78 is 5.61. The molecule has 2 N–H and O–H groups in total. The minimum absolute atomic E-state index is 0.0974. The monoisotopic (exact) mass is 306 g/mol. The van der Waals surface area contributed by atoms with Gasteiger partial charge in [-0.25, -0.2) is 0 Å². The van der Waals surface area contributed by atoms with E-state index in [1.165, 1.54) is 19.8 Å². The molecule has 22 heavy (non-hydrogen) atoms. The molecular formula is C17H26N2O3. The molecule has 0 aromatic heterocycles. The number of hydrogen-bond acceptors (Lipinski definition) is 4. The molecule has 1 aromatic carbocycles. The van der Waals surface area contributed by atoms with Gasteiger partial charge in [0.2, 0.25) is 5.91 Å². The van der Waals surface area contributed by atoms with Gasteiger partial charge in [0.1, 0.15) is 18.5 Å². The Labute approximate surface area is 132 Å². The van der Waals surface area contributed by atoms with E-state index in [-0.39, 0.29) is 12.5 Å². The smallest absolute Gasteiger partial charge is 0.221 e. The number of piperidine rings is 1. The predicted octanol–water partition coefficient (Wildman–Crippen LogP) is 2.12. The molecule has 122 valence electrons. The molecule has 1 fully saturated rings. The second kappa shape index (κ2) is 8.15. The van der Waals surface area contributed by atoms with Crippen LogP contribution in [0.2, 0.25) is 0 Å². The topological polar surface area (TPSA) is 61.8 Å². The molecule has 0 bridgehead atoms. The van der Waals surface area contributed by atoms with Crippen LogP contribution in [0, 0.1) is 5.92 Å². The molecule has 5 heteroatoms. The maximum Gasteiger partial charge on any atom is 0.221 e. The van der Waals surface area contributed by atoms with Gasteiger partial charge >= 0.3 is 0 Å². The number of amides is 1. The van der Waals surface area contributed by atoms with Crippen molar-refractivity contribution in [3.63, 3.8) is 0 Å². The molecule has 0 saturated carbocycles. The molecule has 1 heterocycles. The van der Waals surface area contributed by atoms with Gasteiger partial charge in [0.25, 0.3) is 0 Å². The molecule has 1 aliphatic heterocycles. The van der Waals surface area contributed by atoms with Crippen molar-refractivity contribution in [1.82, 2.24) is 4.90 Å². The lowest BCUT2D eigenvalue weighted by atomic mass is 10.0. The summed E-state index contributed by atoms with van der Waals surface area (Å²) >= 11 is 0. The second-order valence-corrected chi connectivity index (χ2v) is 6.18. The minimum atomic E-state index is -0.486. The van der Waals surface area contributed by atoms with Crippen LogP contribution >= 0.6 is 0 Å². The third kappa shape index (κ3) is 5.66. The summed E-state index contributed by atoms with van der Waals surface area (Å²) in [5.41, 5.74) is 0.739. The number of nitrogens with zero attached hydrogens (tertiary/aromatic N) is 1. The second-order valence-electron chi connectivity index (χ2n) is 6.18. The molecule has 2 rings (SSSR count). The highest BCUT2D eigenvalue weighted by Gasteiger charge is 2.19. The first-order valence-electron chi connectivity index (χ1n) is 7.94. The molecular weight excluding hydrogens is 280 g/mol. The fourth-order valence-electron chi connectivity index (χ4n) is 2.83. The molecule has 0 spiro atoms. The lowest BCUT2D eigenvalue weighted by Crippen LogP contribution is -2.41. The maximum absolute atomic E-state index is 10.9. The van der Waals surface area contributed by atoms with E-state index < -0.39 is 6.10 Å². The van der Waals surface area contributed by atoms with Crippen LogP contribution in [0.4, 0.5) is 5.69 Å². The third-order valence-electron chi connectivity index (χ3n) is 3.83. The van der Waals surface area contributed by atoms with E-state index in [1.807, 2.05) is 0 Å². The van der Waals surface area contributed by atoms with Gasteiger partial charge in [0.05, 0.1) is 0 Å². The van der Waals surface area contributed by atoms with Gasteiger partial charge in [0.15, 0.2) is 0 Å². The number of likely N-dealkylation sites (tertiary alicyclic amines) is 1. The van der Waals surface area contributed by atoms with Gasteiger partial charge in [-0.3, -0.25) is 4.79 Å². The van der Waals surface area contributed by atoms with Crippen LogP contribution in [0.25, 0.3) is 0 Å². The number of nitrogens with one attached hydrogen (secondary N) is 1. The molecule has 1 aliphatic rings. The first kappa shape index (κ1) is 16.8. The number of aliphatic hydroxyl groups excluding tert-OH is 1. The van der Waals surface area contributed by atoms with Gasteiger partial charge < -0.3 is 20.1 Å². The molecule has 1 saturated heterocycles. The van der Waals surface area contributed by atoms with E-state index in [9.17, 15) is 9.90 Å². The lowest BCUT2D eigenvalue weighted by Gasteiger charge is -2.32. The van der Waals surface area contributed by atoms with E-state index in [1.54, 1.807) is 24.3 Å². The number of anilines is 1. The number of rotatable bonds is 6. The average Bonchev–Trinajstić information content (AvgIpc) is 2.46. The largest absolute Gasteiger partial charge is 0.491 e. The van der Waals surface area contributed by atoms with Crippen molar-refractivity contribution in [2.75, 3.05) is 31.6 Å². The third-order valence-corrected chi connectivity index (χ3v) is 3.83. The molecule has 2 atom stereocenters. The predicted molar refractivity (Wildman–Crippen MR) is 87.1 cm³/mol. The number of carbonyl (C=O) groups excluding carboxylic acids is 1. The van der Waals surface area contributed by atoms with Gasteiger partial charge in [-0.05, 0) is 49.6 Å². The van der Waals surface area contributed by atoms with E-state index in [0.717, 1.165) is 18.8 Å². The lowest BCUT2D eigenvalue weighted by molar-refractivity contribution is -0.114. The van der Waals surface area contributed by atoms with E-state index >= 15 is 0 Å². The zero-order valence-corrected chi connectivity index (χ0v) is 13.4. The molecule has 1 aromatic rings. The Morgan fingerprint density at radius 1 is 1.45 bits per heavy atom. The molecule has 5 nitrogen and oxygen atoms in total. The normalized spacial score (nSPS) is 20.4. The van der Waals surface area contributed by atoms with E-state index in [4.69, 9.17) is 4.74 Å². The zero-order valence-electron chi connectivity index (χ0n) is 13.4. The van der Waals surface area contributed by atoms with Crippen LogP contribution in [0.1, 0.15) is 26.7 Å². The summed E-state index contributed by atoms with van der Waals surface area (Å²) in [6.07, 6.45) is 2.00. The number of ether oxygens (including phenoxy) is 1. The van der Waals surface area contributed by atoms with E-state index in [0.29, 0.717) is 18.2 Å². The fraction of sp³-hybridized carbons (Fsp3) is 0.588. The Bertz CT molecular complexity index is 475. The van der Waals surface area contributed by atoms with Crippen molar-refractivity contribution in [3.05, 3.63) is 24.3 Å². The molecule has 0 radical (unpaired) electrons. The quantitative estimate of drug-likeness (QED) is 0.845. The first-order chi connectivity index (χ1) is 10.5. The maximum atomic E-state index is 10.9. The van der Waals surface area contributed by atoms with Crippen molar-refractivity contribution < 1.29 is 14.6 Å². The van der Waals surface area contributed by atoms with Crippen LogP contribution in [0.15, 0.2) is 24.3 Å². The van der Waals surface area contributed by atoms with Crippen molar-refractivity contribution in [1.29, 1.82) is 0 Å². The van der Waals surface area contributed by atoms with Gasteiger partial charge in [0, 0.05) is 25.7 Å². The minimum Gasteiger partial charge on any atom is -0.491 e. The number of β-amino-alcohol motifs (C(OH)–C–C–N with tert-alkyl or cyclic N) is 1. The Morgan fingerprint density at radius 3 is 2.82 bits per heavy atom. The Balaban J connectivity index is 1.73. The molecule has 0 aliphatic carbocycles. The van der Waals surface area contributed by atoms with Crippen molar-refractivity contribution in [3.8, 4) is 5.75 Å². The van der Waals surface area contributed by atoms with Crippen molar-refractivity contribution in [2.45, 2.75) is 32.8 Å². The Kier molecular flexibility index (Phi) is 6.21. The molecule has 1 amide bonds. The highest BCUT2D eigenvalue weighted by atomic mass is 16.5. The summed E-state index contributed by atoms with van der Waals surface area (Å²) in [5.74, 6) is 1.31. The summed E-state index contributed by atoms with van der Waals surface area (Å²) in [6, 6.07) is 7.16. The Morgan fingerprint density at radius 2 is 2.18 bits per heavy atom. The summed E-state index contributed by atoms with van der Waals surface area (Å²) in [6.45, 7) is 6.79. The van der Waals surface area contributed by atoms with Crippen molar-refractivity contribution >= 4 is 11.6 Å². The van der Waals surface area contributed by atoms with Crippen LogP contribution < -0.4 is 10.1 Å². The van der Waals surface area contributed by atoms with Crippen LogP contribution in [0.3, 0.4) is 0 Å². The molecule has 0 unspecified atom stereocenters. The standard InChI is InChI=1S/C17H26N2O3/c1-13-4-3-9-19(10-13)11-16(21)12-22-17-7-5-15(6-8-17)18-14(2)20/h5-8,13,16,21H,3-4,9-12H2,1-2H3,(H,18,20)/t13-,16+/m1/s1. The summed E-state index contributed by atoms with van der Waals surface area (Å²) in [7, 11) is 0. The number of benzene rings is 1. The first-order valence-corrected chi connectivity index (χ1v) is 7.94. The highest BCUT2D eigenvalue weighted by Crippen LogP contribution is 2.17. The number of aliphatic hydroxyl groups is 1. The summed E-state index contributed by atoms with van der Waals surface area (Å²) in [5, 5.41) is 12.8. The van der Waals surface area contributed by atoms with Crippen molar-refractivity contribution in [2.24, 2.45) is 5.92 Å². The fourth-order valence-corrected chi connectivity index (χ4v) is 2.83. The van der Waals surface area contributed by atoms with Gasteiger partial charge in [-0.15, -0.1) is 0 Å².